The summed E-state index contributed by atoms with van der Waals surface area (Å²) in [7, 11) is -3.49. The fourth-order valence-corrected chi connectivity index (χ4v) is 2.67. The van der Waals surface area contributed by atoms with Crippen molar-refractivity contribution in [3.8, 4) is 6.07 Å². The van der Waals surface area contributed by atoms with Crippen LogP contribution in [0, 0.1) is 11.3 Å². The van der Waals surface area contributed by atoms with Gasteiger partial charge in [0.1, 0.15) is 0 Å². The van der Waals surface area contributed by atoms with Crippen LogP contribution in [-0.4, -0.2) is 27.5 Å². The quantitative estimate of drug-likeness (QED) is 0.763. The highest BCUT2D eigenvalue weighted by molar-refractivity contribution is 7.89. The molecule has 0 amide bonds. The molecule has 5 nitrogen and oxygen atoms in total. The molecular formula is C10H11N3O2S. The molecule has 2 N–H and O–H groups in total. The first-order valence-electron chi connectivity index (χ1n) is 4.85. The molecule has 0 atom stereocenters. The molecule has 1 saturated heterocycles. The summed E-state index contributed by atoms with van der Waals surface area (Å²) < 4.78 is 26.3. The number of nitriles is 1. The highest BCUT2D eigenvalue weighted by atomic mass is 32.2. The summed E-state index contributed by atoms with van der Waals surface area (Å²) in [4.78, 5) is 0.137. The molecule has 1 aromatic carbocycles. The first kappa shape index (κ1) is 11.1. The number of nitrogens with one attached hydrogen (secondary N) is 2. The minimum atomic E-state index is -3.49. The molecule has 0 radical (unpaired) electrons. The lowest BCUT2D eigenvalue weighted by atomic mass is 10.2. The predicted molar refractivity (Wildman–Crippen MR) is 58.1 cm³/mol. The summed E-state index contributed by atoms with van der Waals surface area (Å²) in [6, 6.07) is 7.86. The number of nitrogens with zero attached hydrogens (tertiary/aromatic N) is 1. The Kier molecular flexibility index (Phi) is 2.92. The maximum absolute atomic E-state index is 11.9. The van der Waals surface area contributed by atoms with Gasteiger partial charge in [-0.05, 0) is 18.2 Å². The molecule has 84 valence electrons. The zero-order chi connectivity index (χ0) is 11.6. The molecular weight excluding hydrogens is 226 g/mol. The summed E-state index contributed by atoms with van der Waals surface area (Å²) in [5.74, 6) is 0. The van der Waals surface area contributed by atoms with Crippen LogP contribution in [0.5, 0.6) is 0 Å². The van der Waals surface area contributed by atoms with Crippen LogP contribution < -0.4 is 10.0 Å². The van der Waals surface area contributed by atoms with Crippen molar-refractivity contribution in [2.24, 2.45) is 0 Å². The van der Waals surface area contributed by atoms with Crippen LogP contribution in [0.1, 0.15) is 5.56 Å². The van der Waals surface area contributed by atoms with E-state index in [2.05, 4.69) is 10.0 Å². The van der Waals surface area contributed by atoms with Gasteiger partial charge in [0.2, 0.25) is 10.0 Å². The molecule has 0 unspecified atom stereocenters. The normalized spacial score (nSPS) is 16.4. The Morgan fingerprint density at radius 1 is 1.44 bits per heavy atom. The maximum atomic E-state index is 11.9. The van der Waals surface area contributed by atoms with E-state index in [1.807, 2.05) is 6.07 Å². The third kappa shape index (κ3) is 2.22. The highest BCUT2D eigenvalue weighted by Crippen LogP contribution is 2.11. The summed E-state index contributed by atoms with van der Waals surface area (Å²) in [5, 5.41) is 11.7. The van der Waals surface area contributed by atoms with E-state index < -0.39 is 10.0 Å². The minimum absolute atomic E-state index is 0.0456. The third-order valence-electron chi connectivity index (χ3n) is 2.38. The van der Waals surface area contributed by atoms with Gasteiger partial charge in [-0.2, -0.15) is 5.26 Å². The van der Waals surface area contributed by atoms with Gasteiger partial charge < -0.3 is 5.32 Å². The molecule has 1 aromatic rings. The van der Waals surface area contributed by atoms with Gasteiger partial charge in [0, 0.05) is 19.1 Å². The number of hydrogen-bond donors (Lipinski definition) is 2. The van der Waals surface area contributed by atoms with Gasteiger partial charge in [-0.1, -0.05) is 6.07 Å². The fourth-order valence-electron chi connectivity index (χ4n) is 1.39. The average molecular weight is 237 g/mol. The SMILES string of the molecule is N#Cc1cccc(S(=O)(=O)NC2CNC2)c1. The van der Waals surface area contributed by atoms with E-state index >= 15 is 0 Å². The van der Waals surface area contributed by atoms with Crippen molar-refractivity contribution >= 4 is 10.0 Å². The molecule has 16 heavy (non-hydrogen) atoms. The minimum Gasteiger partial charge on any atom is -0.313 e. The van der Waals surface area contributed by atoms with Crippen molar-refractivity contribution < 1.29 is 8.42 Å². The van der Waals surface area contributed by atoms with Crippen LogP contribution in [0.2, 0.25) is 0 Å². The van der Waals surface area contributed by atoms with Gasteiger partial charge >= 0.3 is 0 Å². The van der Waals surface area contributed by atoms with Crippen molar-refractivity contribution in [2.45, 2.75) is 10.9 Å². The molecule has 0 aromatic heterocycles. The van der Waals surface area contributed by atoms with Gasteiger partial charge in [-0.25, -0.2) is 13.1 Å². The highest BCUT2D eigenvalue weighted by Gasteiger charge is 2.24. The zero-order valence-electron chi connectivity index (χ0n) is 8.47. The predicted octanol–water partition coefficient (Wildman–Crippen LogP) is -0.192. The van der Waals surface area contributed by atoms with Crippen molar-refractivity contribution in [3.63, 3.8) is 0 Å². The first-order chi connectivity index (χ1) is 7.62. The van der Waals surface area contributed by atoms with E-state index in [-0.39, 0.29) is 10.9 Å². The number of benzene rings is 1. The number of rotatable bonds is 3. The molecule has 2 rings (SSSR count). The Morgan fingerprint density at radius 2 is 2.19 bits per heavy atom. The molecule has 0 saturated carbocycles. The lowest BCUT2D eigenvalue weighted by Crippen LogP contribution is -2.56. The van der Waals surface area contributed by atoms with E-state index in [1.165, 1.54) is 12.1 Å². The monoisotopic (exact) mass is 237 g/mol. The topological polar surface area (TPSA) is 82.0 Å². The summed E-state index contributed by atoms with van der Waals surface area (Å²) in [6.45, 7) is 1.30. The Labute approximate surface area is 94.1 Å². The second kappa shape index (κ2) is 4.22. The standard InChI is InChI=1S/C10H11N3O2S/c11-5-8-2-1-3-10(4-8)16(14,15)13-9-6-12-7-9/h1-4,9,12-13H,6-7H2. The molecule has 1 aliphatic heterocycles. The Bertz CT molecular complexity index is 529. The smallest absolute Gasteiger partial charge is 0.240 e. The van der Waals surface area contributed by atoms with Crippen molar-refractivity contribution in [1.82, 2.24) is 10.0 Å². The number of sulfonamides is 1. The molecule has 1 aliphatic rings. The van der Waals surface area contributed by atoms with Crippen molar-refractivity contribution in [2.75, 3.05) is 13.1 Å². The van der Waals surface area contributed by atoms with E-state index in [1.54, 1.807) is 12.1 Å². The van der Waals surface area contributed by atoms with Gasteiger partial charge in [0.25, 0.3) is 0 Å². The summed E-state index contributed by atoms with van der Waals surface area (Å²) in [5.41, 5.74) is 0.342. The van der Waals surface area contributed by atoms with Gasteiger partial charge in [0.15, 0.2) is 0 Å². The lowest BCUT2D eigenvalue weighted by Gasteiger charge is -2.27. The van der Waals surface area contributed by atoms with Crippen LogP contribution in [0.15, 0.2) is 29.2 Å². The number of hydrogen-bond acceptors (Lipinski definition) is 4. The van der Waals surface area contributed by atoms with E-state index in [0.29, 0.717) is 18.7 Å². The van der Waals surface area contributed by atoms with Gasteiger partial charge in [0.05, 0.1) is 16.5 Å². The van der Waals surface area contributed by atoms with Crippen LogP contribution >= 0.6 is 0 Å². The van der Waals surface area contributed by atoms with Crippen molar-refractivity contribution in [3.05, 3.63) is 29.8 Å². The molecule has 0 aliphatic carbocycles. The van der Waals surface area contributed by atoms with Crippen LogP contribution in [-0.2, 0) is 10.0 Å². The average Bonchev–Trinajstić information content (AvgIpc) is 2.24. The van der Waals surface area contributed by atoms with Gasteiger partial charge in [-0.15, -0.1) is 0 Å². The Morgan fingerprint density at radius 3 is 2.75 bits per heavy atom. The molecule has 0 spiro atoms. The summed E-state index contributed by atoms with van der Waals surface area (Å²) in [6.07, 6.45) is 0. The van der Waals surface area contributed by atoms with E-state index in [4.69, 9.17) is 5.26 Å². The zero-order valence-corrected chi connectivity index (χ0v) is 9.29. The second-order valence-electron chi connectivity index (χ2n) is 3.62. The van der Waals surface area contributed by atoms with Crippen LogP contribution in [0.25, 0.3) is 0 Å². The van der Waals surface area contributed by atoms with E-state index in [0.717, 1.165) is 0 Å². The lowest BCUT2D eigenvalue weighted by molar-refractivity contribution is 0.410. The molecule has 6 heteroatoms. The fraction of sp³-hybridized carbons (Fsp3) is 0.300. The van der Waals surface area contributed by atoms with Crippen LogP contribution in [0.3, 0.4) is 0 Å². The van der Waals surface area contributed by atoms with E-state index in [9.17, 15) is 8.42 Å². The van der Waals surface area contributed by atoms with Gasteiger partial charge in [-0.3, -0.25) is 0 Å². The molecule has 1 fully saturated rings. The summed E-state index contributed by atoms with van der Waals surface area (Å²) >= 11 is 0. The largest absolute Gasteiger partial charge is 0.313 e. The third-order valence-corrected chi connectivity index (χ3v) is 3.89. The van der Waals surface area contributed by atoms with Crippen molar-refractivity contribution in [1.29, 1.82) is 5.26 Å². The Balaban J connectivity index is 2.24. The maximum Gasteiger partial charge on any atom is 0.240 e. The molecule has 0 bridgehead atoms. The second-order valence-corrected chi connectivity index (χ2v) is 5.33. The van der Waals surface area contributed by atoms with Crippen LogP contribution in [0.4, 0.5) is 0 Å². The molecule has 1 heterocycles. The Hall–Kier alpha value is -1.42. The first-order valence-corrected chi connectivity index (χ1v) is 6.33.